The van der Waals surface area contributed by atoms with E-state index in [-0.39, 0.29) is 6.03 Å². The SMILES string of the molecule is Cc1ccc(NC(=O)Nc2ccccc2)cc1.N#CS. The highest BCUT2D eigenvalue weighted by Gasteiger charge is 2.01. The van der Waals surface area contributed by atoms with Gasteiger partial charge in [-0.05, 0) is 31.2 Å². The molecule has 0 spiro atoms. The van der Waals surface area contributed by atoms with Crippen molar-refractivity contribution in [3.8, 4) is 5.40 Å². The van der Waals surface area contributed by atoms with E-state index in [1.54, 1.807) is 0 Å². The van der Waals surface area contributed by atoms with Crippen molar-refractivity contribution in [3.63, 3.8) is 0 Å². The molecule has 0 unspecified atom stereocenters. The molecule has 0 saturated carbocycles. The van der Waals surface area contributed by atoms with Gasteiger partial charge < -0.3 is 10.6 Å². The van der Waals surface area contributed by atoms with Crippen LogP contribution in [0.3, 0.4) is 0 Å². The molecule has 0 saturated heterocycles. The number of hydrogen-bond donors (Lipinski definition) is 3. The Balaban J connectivity index is 0.000000612. The third-order valence-corrected chi connectivity index (χ3v) is 2.34. The number of rotatable bonds is 2. The fourth-order valence-corrected chi connectivity index (χ4v) is 1.45. The van der Waals surface area contributed by atoms with E-state index >= 15 is 0 Å². The number of nitrogens with zero attached hydrogens (tertiary/aromatic N) is 1. The largest absolute Gasteiger partial charge is 0.323 e. The first-order valence-electron chi connectivity index (χ1n) is 5.88. The van der Waals surface area contributed by atoms with E-state index in [4.69, 9.17) is 5.26 Å². The van der Waals surface area contributed by atoms with Crippen LogP contribution in [0, 0.1) is 17.6 Å². The number of hydrogen-bond acceptors (Lipinski definition) is 3. The van der Waals surface area contributed by atoms with Crippen molar-refractivity contribution < 1.29 is 4.79 Å². The molecule has 0 aliphatic carbocycles. The van der Waals surface area contributed by atoms with Gasteiger partial charge in [-0.25, -0.2) is 4.79 Å². The molecular formula is C15H15N3OS. The van der Waals surface area contributed by atoms with Crippen molar-refractivity contribution >= 4 is 30.0 Å². The van der Waals surface area contributed by atoms with Gasteiger partial charge in [0.25, 0.3) is 0 Å². The van der Waals surface area contributed by atoms with Gasteiger partial charge in [-0.3, -0.25) is 0 Å². The van der Waals surface area contributed by atoms with E-state index in [1.165, 1.54) is 11.0 Å². The smallest absolute Gasteiger partial charge is 0.308 e. The molecule has 5 heteroatoms. The zero-order valence-corrected chi connectivity index (χ0v) is 11.9. The highest BCUT2D eigenvalue weighted by Crippen LogP contribution is 2.10. The van der Waals surface area contributed by atoms with E-state index in [2.05, 4.69) is 23.3 Å². The van der Waals surface area contributed by atoms with Crippen molar-refractivity contribution in [3.05, 3.63) is 60.2 Å². The van der Waals surface area contributed by atoms with Crippen LogP contribution in [0.1, 0.15) is 5.56 Å². The van der Waals surface area contributed by atoms with E-state index in [1.807, 2.05) is 61.5 Å². The number of amides is 2. The third kappa shape index (κ3) is 5.94. The number of aryl methyl sites for hydroxylation is 1. The molecule has 0 atom stereocenters. The summed E-state index contributed by atoms with van der Waals surface area (Å²) < 4.78 is 0. The average molecular weight is 285 g/mol. The molecular weight excluding hydrogens is 270 g/mol. The normalized spacial score (nSPS) is 8.65. The van der Waals surface area contributed by atoms with Crippen LogP contribution in [0.25, 0.3) is 0 Å². The average Bonchev–Trinajstić information content (AvgIpc) is 2.43. The molecule has 0 bridgehead atoms. The first-order valence-corrected chi connectivity index (χ1v) is 6.33. The Kier molecular flexibility index (Phi) is 6.72. The Morgan fingerprint density at radius 2 is 1.45 bits per heavy atom. The second kappa shape index (κ2) is 8.62. The predicted molar refractivity (Wildman–Crippen MR) is 84.9 cm³/mol. The van der Waals surface area contributed by atoms with Gasteiger partial charge in [0.2, 0.25) is 0 Å². The van der Waals surface area contributed by atoms with Crippen LogP contribution in [0.2, 0.25) is 0 Å². The number of thiol groups is 1. The molecule has 0 heterocycles. The summed E-state index contributed by atoms with van der Waals surface area (Å²) in [5.74, 6) is 0. The highest BCUT2D eigenvalue weighted by molar-refractivity contribution is 7.85. The molecule has 0 aliphatic heterocycles. The summed E-state index contributed by atoms with van der Waals surface area (Å²) in [6.45, 7) is 2.01. The topological polar surface area (TPSA) is 64.9 Å². The quantitative estimate of drug-likeness (QED) is 0.576. The molecule has 2 amide bonds. The minimum atomic E-state index is -0.236. The number of urea groups is 1. The molecule has 4 nitrogen and oxygen atoms in total. The minimum Gasteiger partial charge on any atom is -0.308 e. The van der Waals surface area contributed by atoms with Crippen LogP contribution in [-0.2, 0) is 0 Å². The number of para-hydroxylation sites is 1. The number of nitriles is 1. The Bertz CT molecular complexity index is 576. The number of anilines is 2. The summed E-state index contributed by atoms with van der Waals surface area (Å²) in [5, 5.41) is 14.2. The molecule has 0 aliphatic rings. The van der Waals surface area contributed by atoms with Crippen LogP contribution in [-0.4, -0.2) is 6.03 Å². The van der Waals surface area contributed by atoms with Gasteiger partial charge in [0.1, 0.15) is 5.40 Å². The first-order chi connectivity index (χ1) is 9.65. The maximum absolute atomic E-state index is 11.6. The van der Waals surface area contributed by atoms with E-state index in [0.717, 1.165) is 11.4 Å². The fourth-order valence-electron chi connectivity index (χ4n) is 1.45. The summed E-state index contributed by atoms with van der Waals surface area (Å²) >= 11 is 3.09. The summed E-state index contributed by atoms with van der Waals surface area (Å²) in [6.07, 6.45) is 0. The summed E-state index contributed by atoms with van der Waals surface area (Å²) in [5.41, 5.74) is 2.72. The Hall–Kier alpha value is -2.45. The minimum absolute atomic E-state index is 0.236. The summed E-state index contributed by atoms with van der Waals surface area (Å²) in [4.78, 5) is 11.6. The lowest BCUT2D eigenvalue weighted by atomic mass is 10.2. The monoisotopic (exact) mass is 285 g/mol. The number of carbonyl (C=O) groups is 1. The lowest BCUT2D eigenvalue weighted by Gasteiger charge is -2.07. The van der Waals surface area contributed by atoms with Gasteiger partial charge in [0.05, 0.1) is 0 Å². The van der Waals surface area contributed by atoms with Gasteiger partial charge in [0.15, 0.2) is 0 Å². The second-order valence-electron chi connectivity index (χ2n) is 3.91. The van der Waals surface area contributed by atoms with E-state index in [0.29, 0.717) is 0 Å². The predicted octanol–water partition coefficient (Wildman–Crippen LogP) is 4.04. The van der Waals surface area contributed by atoms with Crippen molar-refractivity contribution in [2.45, 2.75) is 6.92 Å². The standard InChI is InChI=1S/C14H14N2O.CHNS/c1-11-7-9-13(10-8-11)16-14(17)15-12-5-3-2-4-6-12;2-1-3/h2-10H,1H3,(H2,15,16,17);3H. The molecule has 2 aromatic carbocycles. The van der Waals surface area contributed by atoms with Gasteiger partial charge >= 0.3 is 6.03 Å². The highest BCUT2D eigenvalue weighted by atomic mass is 32.1. The van der Waals surface area contributed by atoms with Crippen LogP contribution in [0.5, 0.6) is 0 Å². The molecule has 2 N–H and O–H groups in total. The molecule has 20 heavy (non-hydrogen) atoms. The Morgan fingerprint density at radius 3 is 1.95 bits per heavy atom. The van der Waals surface area contributed by atoms with Crippen molar-refractivity contribution in [1.82, 2.24) is 0 Å². The number of benzene rings is 2. The number of carbonyl (C=O) groups excluding carboxylic acids is 1. The van der Waals surface area contributed by atoms with Gasteiger partial charge in [-0.1, -0.05) is 48.5 Å². The number of nitrogens with one attached hydrogen (secondary N) is 2. The van der Waals surface area contributed by atoms with Crippen LogP contribution >= 0.6 is 12.6 Å². The van der Waals surface area contributed by atoms with E-state index < -0.39 is 0 Å². The molecule has 0 fully saturated rings. The van der Waals surface area contributed by atoms with Crippen LogP contribution < -0.4 is 10.6 Å². The zero-order chi connectivity index (χ0) is 14.8. The van der Waals surface area contributed by atoms with Crippen molar-refractivity contribution in [1.29, 1.82) is 5.26 Å². The molecule has 2 rings (SSSR count). The Labute approximate surface area is 123 Å². The molecule has 2 aromatic rings. The zero-order valence-electron chi connectivity index (χ0n) is 11.0. The molecule has 0 radical (unpaired) electrons. The van der Waals surface area contributed by atoms with Gasteiger partial charge in [-0.15, -0.1) is 0 Å². The van der Waals surface area contributed by atoms with Crippen molar-refractivity contribution in [2.75, 3.05) is 10.6 Å². The lowest BCUT2D eigenvalue weighted by Crippen LogP contribution is -2.19. The third-order valence-electron chi connectivity index (χ3n) is 2.34. The van der Waals surface area contributed by atoms with Crippen LogP contribution in [0.15, 0.2) is 54.6 Å². The molecule has 102 valence electrons. The number of thiocyanates is 1. The maximum Gasteiger partial charge on any atom is 0.323 e. The van der Waals surface area contributed by atoms with E-state index in [9.17, 15) is 4.79 Å². The lowest BCUT2D eigenvalue weighted by molar-refractivity contribution is 0.262. The van der Waals surface area contributed by atoms with Gasteiger partial charge in [-0.2, -0.15) is 5.26 Å². The first kappa shape index (κ1) is 15.6. The molecule has 0 aromatic heterocycles. The maximum atomic E-state index is 11.6. The Morgan fingerprint density at radius 1 is 1.00 bits per heavy atom. The van der Waals surface area contributed by atoms with Crippen LogP contribution in [0.4, 0.5) is 16.2 Å². The fraction of sp³-hybridized carbons (Fsp3) is 0.0667. The second-order valence-corrected chi connectivity index (χ2v) is 4.11. The summed E-state index contributed by atoms with van der Waals surface area (Å²) in [6, 6.07) is 16.8. The van der Waals surface area contributed by atoms with Gasteiger partial charge in [0, 0.05) is 11.4 Å². The van der Waals surface area contributed by atoms with Crippen molar-refractivity contribution in [2.24, 2.45) is 0 Å². The summed E-state index contributed by atoms with van der Waals surface area (Å²) in [7, 11) is 0.